The smallest absolute Gasteiger partial charge is 0.308 e. The lowest BCUT2D eigenvalue weighted by Gasteiger charge is -2.32. The Morgan fingerprint density at radius 2 is 2.00 bits per heavy atom. The van der Waals surface area contributed by atoms with Crippen molar-refractivity contribution in [3.05, 3.63) is 0 Å². The van der Waals surface area contributed by atoms with Gasteiger partial charge in [0.05, 0.1) is 12.1 Å². The quantitative estimate of drug-likeness (QED) is 0.379. The summed E-state index contributed by atoms with van der Waals surface area (Å²) in [4.78, 5) is 15.9. The molecular formula is C20H33NO3. The van der Waals surface area contributed by atoms with E-state index in [0.717, 1.165) is 30.3 Å². The molecule has 0 aromatic carbocycles. The van der Waals surface area contributed by atoms with Crippen LogP contribution in [0, 0.1) is 29.6 Å². The maximum absolute atomic E-state index is 11.9. The second kappa shape index (κ2) is 7.15. The number of nitrogens with zero attached hydrogens (tertiary/aromatic N) is 1. The van der Waals surface area contributed by atoms with Crippen LogP contribution in [0.4, 0.5) is 0 Å². The first-order valence-electron chi connectivity index (χ1n) is 9.68. The Bertz CT molecular complexity index is 476. The fourth-order valence-corrected chi connectivity index (χ4v) is 5.43. The molecule has 4 heteroatoms. The summed E-state index contributed by atoms with van der Waals surface area (Å²) in [7, 11) is 0. The van der Waals surface area contributed by atoms with E-state index >= 15 is 0 Å². The zero-order valence-electron chi connectivity index (χ0n) is 15.5. The molecule has 3 saturated carbocycles. The van der Waals surface area contributed by atoms with Crippen molar-refractivity contribution in [2.75, 3.05) is 6.61 Å². The normalized spacial score (nSPS) is 35.7. The van der Waals surface area contributed by atoms with Crippen LogP contribution in [-0.4, -0.2) is 31.1 Å². The van der Waals surface area contributed by atoms with Crippen LogP contribution in [0.3, 0.4) is 0 Å². The van der Waals surface area contributed by atoms with Gasteiger partial charge in [0.2, 0.25) is 0 Å². The summed E-state index contributed by atoms with van der Waals surface area (Å²) in [5.74, 6) is 4.27. The molecular weight excluding hydrogens is 302 g/mol. The van der Waals surface area contributed by atoms with Crippen molar-refractivity contribution in [2.45, 2.75) is 77.5 Å². The molecule has 0 aromatic heterocycles. The molecule has 0 aromatic rings. The molecule has 24 heavy (non-hydrogen) atoms. The fourth-order valence-electron chi connectivity index (χ4n) is 5.43. The third-order valence-corrected chi connectivity index (χ3v) is 6.78. The number of aliphatic imine (C=N–C) groups is 1. The number of hydrogen-bond acceptors (Lipinski definition) is 4. The number of carbonyl (C=O) groups excluding carboxylic acids is 1. The zero-order chi connectivity index (χ0) is 17.3. The highest BCUT2D eigenvalue weighted by molar-refractivity contribution is 5.69. The Labute approximate surface area is 146 Å². The van der Waals surface area contributed by atoms with Crippen molar-refractivity contribution in [1.29, 1.82) is 0 Å². The number of hydrogen-bond donors (Lipinski definition) is 0. The maximum atomic E-state index is 11.9. The summed E-state index contributed by atoms with van der Waals surface area (Å²) in [6, 6.07) is 0. The van der Waals surface area contributed by atoms with Gasteiger partial charge in [-0.15, -0.1) is 0 Å². The molecule has 6 unspecified atom stereocenters. The number of esters is 1. The third-order valence-electron chi connectivity index (χ3n) is 6.78. The SMILES string of the molecule is C=NC(C)(C)CCC(=O)OC(C)OCC1CC2CC1C1CCCC21. The fraction of sp³-hybridized carbons (Fsp3) is 0.900. The Morgan fingerprint density at radius 1 is 1.25 bits per heavy atom. The van der Waals surface area contributed by atoms with E-state index in [1.165, 1.54) is 32.1 Å². The highest BCUT2D eigenvalue weighted by atomic mass is 16.7. The molecule has 4 nitrogen and oxygen atoms in total. The molecule has 3 aliphatic carbocycles. The van der Waals surface area contributed by atoms with Crippen LogP contribution in [-0.2, 0) is 14.3 Å². The topological polar surface area (TPSA) is 47.9 Å². The van der Waals surface area contributed by atoms with Gasteiger partial charge in [-0.2, -0.15) is 0 Å². The van der Waals surface area contributed by atoms with Crippen LogP contribution >= 0.6 is 0 Å². The molecule has 3 rings (SSSR count). The molecule has 3 fully saturated rings. The van der Waals surface area contributed by atoms with Crippen molar-refractivity contribution < 1.29 is 14.3 Å². The van der Waals surface area contributed by atoms with Crippen LogP contribution in [0.15, 0.2) is 4.99 Å². The van der Waals surface area contributed by atoms with Gasteiger partial charge in [-0.25, -0.2) is 0 Å². The second-order valence-electron chi connectivity index (χ2n) is 8.78. The van der Waals surface area contributed by atoms with Gasteiger partial charge in [-0.05, 0) is 89.2 Å². The van der Waals surface area contributed by atoms with Crippen LogP contribution in [0.25, 0.3) is 0 Å². The van der Waals surface area contributed by atoms with Crippen molar-refractivity contribution >= 4 is 12.7 Å². The largest absolute Gasteiger partial charge is 0.436 e. The number of rotatable bonds is 8. The first-order valence-corrected chi connectivity index (χ1v) is 9.68. The van der Waals surface area contributed by atoms with Gasteiger partial charge in [0.1, 0.15) is 0 Å². The third kappa shape index (κ3) is 3.84. The minimum absolute atomic E-state index is 0.206. The predicted octanol–water partition coefficient (Wildman–Crippen LogP) is 4.22. The van der Waals surface area contributed by atoms with Crippen molar-refractivity contribution in [3.63, 3.8) is 0 Å². The maximum Gasteiger partial charge on any atom is 0.308 e. The predicted molar refractivity (Wildman–Crippen MR) is 94.9 cm³/mol. The van der Waals surface area contributed by atoms with E-state index in [2.05, 4.69) is 11.7 Å². The van der Waals surface area contributed by atoms with E-state index in [1.54, 1.807) is 0 Å². The average molecular weight is 335 g/mol. The van der Waals surface area contributed by atoms with E-state index < -0.39 is 6.29 Å². The number of ether oxygens (including phenoxy) is 2. The van der Waals surface area contributed by atoms with Crippen LogP contribution in [0.1, 0.15) is 65.7 Å². The molecule has 6 atom stereocenters. The van der Waals surface area contributed by atoms with Gasteiger partial charge < -0.3 is 9.47 Å². The monoisotopic (exact) mass is 335 g/mol. The molecule has 0 N–H and O–H groups in total. The van der Waals surface area contributed by atoms with Gasteiger partial charge in [-0.1, -0.05) is 6.42 Å². The first-order chi connectivity index (χ1) is 11.4. The molecule has 0 amide bonds. The van der Waals surface area contributed by atoms with Gasteiger partial charge in [0.15, 0.2) is 6.29 Å². The van der Waals surface area contributed by atoms with Gasteiger partial charge in [0, 0.05) is 6.42 Å². The molecule has 0 saturated heterocycles. The number of fused-ring (bicyclic) bond motifs is 5. The minimum atomic E-state index is -0.448. The standard InChI is InChI=1S/C20H33NO3/c1-13(24-19(22)8-9-20(2,3)21-4)23-12-15-10-14-11-18(15)17-7-5-6-16(14)17/h13-18H,4-12H2,1-3H3. The Kier molecular flexibility index (Phi) is 5.33. The summed E-state index contributed by atoms with van der Waals surface area (Å²) >= 11 is 0. The lowest BCUT2D eigenvalue weighted by atomic mass is 9.76. The molecule has 0 spiro atoms. The van der Waals surface area contributed by atoms with Gasteiger partial charge in [0.25, 0.3) is 0 Å². The van der Waals surface area contributed by atoms with Crippen LogP contribution < -0.4 is 0 Å². The van der Waals surface area contributed by atoms with E-state index in [9.17, 15) is 4.79 Å². The number of carbonyl (C=O) groups is 1. The Balaban J connectivity index is 1.36. The van der Waals surface area contributed by atoms with Crippen molar-refractivity contribution in [2.24, 2.45) is 34.6 Å². The molecule has 136 valence electrons. The second-order valence-corrected chi connectivity index (χ2v) is 8.78. The van der Waals surface area contributed by atoms with Gasteiger partial charge >= 0.3 is 5.97 Å². The van der Waals surface area contributed by atoms with Crippen molar-refractivity contribution in [3.8, 4) is 0 Å². The van der Waals surface area contributed by atoms with E-state index in [0.29, 0.717) is 18.8 Å². The first kappa shape index (κ1) is 17.9. The molecule has 0 heterocycles. The van der Waals surface area contributed by atoms with Crippen molar-refractivity contribution in [1.82, 2.24) is 0 Å². The molecule has 3 aliphatic rings. The summed E-state index contributed by atoms with van der Waals surface area (Å²) in [6.45, 7) is 10.1. The molecule has 2 bridgehead atoms. The lowest BCUT2D eigenvalue weighted by molar-refractivity contribution is -0.178. The Morgan fingerprint density at radius 3 is 2.75 bits per heavy atom. The summed E-state index contributed by atoms with van der Waals surface area (Å²) in [5.41, 5.74) is -0.274. The minimum Gasteiger partial charge on any atom is -0.436 e. The molecule has 0 radical (unpaired) electrons. The van der Waals surface area contributed by atoms with E-state index in [4.69, 9.17) is 9.47 Å². The Hall–Kier alpha value is -0.900. The van der Waals surface area contributed by atoms with E-state index in [-0.39, 0.29) is 11.5 Å². The summed E-state index contributed by atoms with van der Waals surface area (Å²) in [5, 5.41) is 0. The van der Waals surface area contributed by atoms with Crippen LogP contribution in [0.5, 0.6) is 0 Å². The van der Waals surface area contributed by atoms with E-state index in [1.807, 2.05) is 20.8 Å². The zero-order valence-corrected chi connectivity index (χ0v) is 15.5. The summed E-state index contributed by atoms with van der Waals surface area (Å²) in [6.07, 6.45) is 7.63. The average Bonchev–Trinajstić information content (AvgIpc) is 3.23. The highest BCUT2D eigenvalue weighted by Gasteiger charge is 2.53. The highest BCUT2D eigenvalue weighted by Crippen LogP contribution is 2.60. The van der Waals surface area contributed by atoms with Crippen LogP contribution in [0.2, 0.25) is 0 Å². The lowest BCUT2D eigenvalue weighted by Crippen LogP contribution is -2.29. The summed E-state index contributed by atoms with van der Waals surface area (Å²) < 4.78 is 11.3. The molecule has 0 aliphatic heterocycles. The van der Waals surface area contributed by atoms with Gasteiger partial charge in [-0.3, -0.25) is 9.79 Å².